The summed E-state index contributed by atoms with van der Waals surface area (Å²) in [5.74, 6) is -2.78. The third-order valence-corrected chi connectivity index (χ3v) is 1.36. The highest BCUT2D eigenvalue weighted by Crippen LogP contribution is 2.15. The fourth-order valence-electron chi connectivity index (χ4n) is 0.484. The van der Waals surface area contributed by atoms with Gasteiger partial charge in [-0.1, -0.05) is 11.6 Å². The minimum absolute atomic E-state index is 0.116. The number of pyridine rings is 1. The van der Waals surface area contributed by atoms with E-state index in [-0.39, 0.29) is 10.7 Å². The molecule has 0 spiro atoms. The third kappa shape index (κ3) is 1.58. The molecule has 1 nitrogen and oxygen atoms in total. The highest BCUT2D eigenvalue weighted by atomic mass is 35.5. The molecule has 1 heterocycles. The first-order valence-corrected chi connectivity index (χ1v) is 3.17. The molecule has 4 heteroatoms. The van der Waals surface area contributed by atoms with Crippen LogP contribution in [0.15, 0.2) is 12.3 Å². The fourth-order valence-corrected chi connectivity index (χ4v) is 0.883. The molecule has 0 fully saturated rings. The summed E-state index contributed by atoms with van der Waals surface area (Å²) in [6.45, 7) is 0. The molecule has 1 rings (SSSR count). The number of alkyl halides is 1. The lowest BCUT2D eigenvalue weighted by Crippen LogP contribution is -1.87. The number of hydrogen-bond acceptors (Lipinski definition) is 1. The van der Waals surface area contributed by atoms with Gasteiger partial charge in [0.25, 0.3) is 0 Å². The minimum Gasteiger partial charge on any atom is -0.255 e. The molecular formula is C6H4Cl2FN. The number of rotatable bonds is 1. The topological polar surface area (TPSA) is 12.9 Å². The maximum absolute atomic E-state index is 12.4. The summed E-state index contributed by atoms with van der Waals surface area (Å²) in [6, 6.07) is 0.962. The van der Waals surface area contributed by atoms with Gasteiger partial charge in [0.2, 0.25) is 0 Å². The Morgan fingerprint density at radius 3 is 3.00 bits per heavy atom. The van der Waals surface area contributed by atoms with Gasteiger partial charge in [-0.05, 0) is 6.07 Å². The average Bonchev–Trinajstić information content (AvgIpc) is 1.83. The van der Waals surface area contributed by atoms with Gasteiger partial charge in [0, 0.05) is 0 Å². The molecule has 54 valence electrons. The third-order valence-electron chi connectivity index (χ3n) is 0.897. The standard InChI is InChI=1S/C6H4Cl2FN/c7-2-6-5(8)1-4(9)3-10-6/h1,3H,2H2/i2D2. The van der Waals surface area contributed by atoms with E-state index in [1.807, 2.05) is 0 Å². The van der Waals surface area contributed by atoms with Gasteiger partial charge in [0.15, 0.2) is 0 Å². The van der Waals surface area contributed by atoms with Crippen LogP contribution in [-0.2, 0) is 5.83 Å². The summed E-state index contributed by atoms with van der Waals surface area (Å²) in [5.41, 5.74) is -0.174. The van der Waals surface area contributed by atoms with Crippen LogP contribution in [-0.4, -0.2) is 4.98 Å². The number of aromatic nitrogens is 1. The van der Waals surface area contributed by atoms with E-state index in [4.69, 9.17) is 25.9 Å². The molecular weight excluding hydrogens is 176 g/mol. The van der Waals surface area contributed by atoms with Crippen LogP contribution in [0.1, 0.15) is 8.44 Å². The van der Waals surface area contributed by atoms with E-state index in [2.05, 4.69) is 4.98 Å². The molecule has 0 radical (unpaired) electrons. The summed E-state index contributed by atoms with van der Waals surface area (Å²) >= 11 is 10.8. The van der Waals surface area contributed by atoms with E-state index in [0.717, 1.165) is 12.3 Å². The first-order valence-electron chi connectivity index (χ1n) is 3.41. The average molecular weight is 182 g/mol. The second-order valence-corrected chi connectivity index (χ2v) is 2.17. The Balaban J connectivity index is 3.19. The van der Waals surface area contributed by atoms with Gasteiger partial charge in [0.05, 0.1) is 25.5 Å². The fraction of sp³-hybridized carbons (Fsp3) is 0.167. The van der Waals surface area contributed by atoms with Gasteiger partial charge in [-0.3, -0.25) is 4.98 Å². The summed E-state index contributed by atoms with van der Waals surface area (Å²) < 4.78 is 26.5. The van der Waals surface area contributed by atoms with E-state index < -0.39 is 11.6 Å². The normalized spacial score (nSPS) is 14.3. The van der Waals surface area contributed by atoms with E-state index in [9.17, 15) is 4.39 Å². The summed E-state index contributed by atoms with van der Waals surface area (Å²) in [7, 11) is 0. The van der Waals surface area contributed by atoms with Crippen LogP contribution in [0.4, 0.5) is 4.39 Å². The molecule has 0 N–H and O–H groups in total. The first kappa shape index (κ1) is 5.33. The molecule has 0 aliphatic heterocycles. The highest BCUT2D eigenvalue weighted by molar-refractivity contribution is 6.32. The molecule has 0 bridgehead atoms. The maximum atomic E-state index is 12.4. The number of hydrogen-bond donors (Lipinski definition) is 0. The van der Waals surface area contributed by atoms with Crippen molar-refractivity contribution in [3.8, 4) is 0 Å². The van der Waals surface area contributed by atoms with E-state index in [0.29, 0.717) is 0 Å². The van der Waals surface area contributed by atoms with Gasteiger partial charge >= 0.3 is 0 Å². The molecule has 0 saturated heterocycles. The van der Waals surface area contributed by atoms with Crippen molar-refractivity contribution >= 4 is 23.2 Å². The van der Waals surface area contributed by atoms with E-state index in [1.165, 1.54) is 0 Å². The Morgan fingerprint density at radius 1 is 1.80 bits per heavy atom. The van der Waals surface area contributed by atoms with Crippen LogP contribution >= 0.6 is 23.2 Å². The zero-order chi connectivity index (χ0) is 9.35. The first-order chi connectivity index (χ1) is 5.41. The van der Waals surface area contributed by atoms with Gasteiger partial charge in [-0.15, -0.1) is 11.6 Å². The smallest absolute Gasteiger partial charge is 0.142 e. The van der Waals surface area contributed by atoms with Crippen LogP contribution in [0.3, 0.4) is 0 Å². The zero-order valence-corrected chi connectivity index (χ0v) is 6.25. The van der Waals surface area contributed by atoms with Crippen molar-refractivity contribution in [2.75, 3.05) is 0 Å². The molecule has 0 atom stereocenters. The molecule has 0 unspecified atom stereocenters. The predicted octanol–water partition coefficient (Wildman–Crippen LogP) is 2.61. The molecule has 0 aliphatic rings. The molecule has 1 aromatic rings. The Kier molecular flexibility index (Phi) is 1.69. The van der Waals surface area contributed by atoms with Crippen molar-refractivity contribution in [2.45, 2.75) is 5.83 Å². The van der Waals surface area contributed by atoms with Gasteiger partial charge in [-0.2, -0.15) is 0 Å². The molecule has 0 amide bonds. The van der Waals surface area contributed by atoms with Crippen molar-refractivity contribution < 1.29 is 7.13 Å². The van der Waals surface area contributed by atoms with Crippen molar-refractivity contribution in [1.29, 1.82) is 0 Å². The molecule has 0 aliphatic carbocycles. The lowest BCUT2D eigenvalue weighted by molar-refractivity contribution is 0.620. The Bertz CT molecular complexity index is 300. The molecule has 1 aromatic heterocycles. The van der Waals surface area contributed by atoms with Crippen LogP contribution in [0.5, 0.6) is 0 Å². The number of halogens is 3. The lowest BCUT2D eigenvalue weighted by atomic mass is 10.4. The highest BCUT2D eigenvalue weighted by Gasteiger charge is 2.00. The van der Waals surface area contributed by atoms with Crippen molar-refractivity contribution in [3.63, 3.8) is 0 Å². The number of nitrogens with zero attached hydrogens (tertiary/aromatic N) is 1. The Hall–Kier alpha value is -0.340. The van der Waals surface area contributed by atoms with E-state index in [1.54, 1.807) is 0 Å². The van der Waals surface area contributed by atoms with Gasteiger partial charge < -0.3 is 0 Å². The summed E-state index contributed by atoms with van der Waals surface area (Å²) in [6.07, 6.45) is 0.863. The zero-order valence-electron chi connectivity index (χ0n) is 6.74. The molecule has 10 heavy (non-hydrogen) atoms. The monoisotopic (exact) mass is 181 g/mol. The van der Waals surface area contributed by atoms with Gasteiger partial charge in [0.1, 0.15) is 5.82 Å². The quantitative estimate of drug-likeness (QED) is 0.608. The van der Waals surface area contributed by atoms with Crippen LogP contribution < -0.4 is 0 Å². The lowest BCUT2D eigenvalue weighted by Gasteiger charge is -1.96. The maximum Gasteiger partial charge on any atom is 0.142 e. The predicted molar refractivity (Wildman–Crippen MR) is 38.8 cm³/mol. The summed E-state index contributed by atoms with van der Waals surface area (Å²) in [5, 5.41) is -0.116. The second kappa shape index (κ2) is 3.17. The van der Waals surface area contributed by atoms with Gasteiger partial charge in [-0.25, -0.2) is 4.39 Å². The van der Waals surface area contributed by atoms with Crippen molar-refractivity contribution in [2.24, 2.45) is 0 Å². The Labute approximate surface area is 70.6 Å². The second-order valence-electron chi connectivity index (χ2n) is 1.58. The minimum atomic E-state index is -2.16. The largest absolute Gasteiger partial charge is 0.255 e. The van der Waals surface area contributed by atoms with E-state index >= 15 is 0 Å². The molecule has 0 saturated carbocycles. The SMILES string of the molecule is [2H]C([2H])(Cl)c1ncc(F)cc1Cl. The van der Waals surface area contributed by atoms with Crippen LogP contribution in [0.2, 0.25) is 5.02 Å². The van der Waals surface area contributed by atoms with Crippen LogP contribution in [0, 0.1) is 5.82 Å². The van der Waals surface area contributed by atoms with Crippen molar-refractivity contribution in [3.05, 3.63) is 28.8 Å². The molecule has 0 aromatic carbocycles. The summed E-state index contributed by atoms with van der Waals surface area (Å²) in [4.78, 5) is 3.44. The van der Waals surface area contributed by atoms with Crippen LogP contribution in [0.25, 0.3) is 0 Å². The van der Waals surface area contributed by atoms with Crippen molar-refractivity contribution in [1.82, 2.24) is 4.98 Å². The Morgan fingerprint density at radius 2 is 2.50 bits per heavy atom.